The van der Waals surface area contributed by atoms with Gasteiger partial charge in [-0.05, 0) is 62.9 Å². The molecule has 1 saturated carbocycles. The van der Waals surface area contributed by atoms with Crippen molar-refractivity contribution in [3.8, 4) is 11.7 Å². The van der Waals surface area contributed by atoms with E-state index in [4.69, 9.17) is 9.72 Å². The van der Waals surface area contributed by atoms with E-state index in [2.05, 4.69) is 47.5 Å². The van der Waals surface area contributed by atoms with Crippen LogP contribution in [-0.2, 0) is 7.05 Å². The van der Waals surface area contributed by atoms with Gasteiger partial charge in [-0.3, -0.25) is 14.2 Å². The SMILES string of the molecule is C/C=S(/NC(=O)c1ccc(-n2ccc(OC3CC3)n2)nc1N1CC(C)(C)CC1(C)C)c1cnn(C)c1. The van der Waals surface area contributed by atoms with Gasteiger partial charge in [0.05, 0.1) is 16.7 Å². The first-order valence-corrected chi connectivity index (χ1v) is 13.7. The number of anilines is 1. The summed E-state index contributed by atoms with van der Waals surface area (Å²) in [7, 11) is 1.30. The maximum atomic E-state index is 13.7. The Balaban J connectivity index is 1.51. The number of hydrogen-bond donors (Lipinski definition) is 1. The van der Waals surface area contributed by atoms with E-state index >= 15 is 0 Å². The summed E-state index contributed by atoms with van der Waals surface area (Å²) in [6.45, 7) is 11.7. The quantitative estimate of drug-likeness (QED) is 0.476. The number of aromatic nitrogens is 5. The van der Waals surface area contributed by atoms with E-state index in [-0.39, 0.29) is 23.0 Å². The molecule has 0 bridgehead atoms. The molecule has 1 aliphatic carbocycles. The number of amides is 1. The molecule has 2 aliphatic rings. The summed E-state index contributed by atoms with van der Waals surface area (Å²) in [6.07, 6.45) is 9.00. The average molecular weight is 510 g/mol. The van der Waals surface area contributed by atoms with Crippen molar-refractivity contribution in [3.63, 3.8) is 0 Å². The number of carbonyl (C=O) groups excluding carboxylic acids is 1. The minimum atomic E-state index is -0.575. The molecule has 1 saturated heterocycles. The number of pyridine rings is 1. The van der Waals surface area contributed by atoms with Crippen LogP contribution in [0.5, 0.6) is 5.88 Å². The molecule has 1 N–H and O–H groups in total. The molecule has 0 spiro atoms. The molecule has 1 unspecified atom stereocenters. The molecule has 5 rings (SSSR count). The van der Waals surface area contributed by atoms with Crippen LogP contribution in [0.25, 0.3) is 5.82 Å². The van der Waals surface area contributed by atoms with Crippen LogP contribution in [0.4, 0.5) is 5.82 Å². The molecule has 3 aromatic heterocycles. The molecule has 9 nitrogen and oxygen atoms in total. The standard InChI is InChI=1S/C26H35N7O2S/c1-7-36(19-14-27-31(6)15-19)30-24(34)20-10-11-21(33-13-12-22(29-33)35-18-8-9-18)28-23(20)32-17-25(2,3)16-26(32,4)5/h7,10-15,18H,8-9,16-17H2,1-6H3,(H,30,34). The first kappa shape index (κ1) is 24.5. The molecule has 1 amide bonds. The number of nitrogens with zero attached hydrogens (tertiary/aromatic N) is 6. The second-order valence-corrected chi connectivity index (χ2v) is 12.9. The summed E-state index contributed by atoms with van der Waals surface area (Å²) in [6, 6.07) is 5.57. The Morgan fingerprint density at radius 1 is 1.22 bits per heavy atom. The Kier molecular flexibility index (Phi) is 6.18. The summed E-state index contributed by atoms with van der Waals surface area (Å²) >= 11 is 0. The largest absolute Gasteiger partial charge is 0.473 e. The van der Waals surface area contributed by atoms with Crippen molar-refractivity contribution in [1.29, 1.82) is 0 Å². The van der Waals surface area contributed by atoms with Crippen molar-refractivity contribution in [2.45, 2.75) is 70.4 Å². The van der Waals surface area contributed by atoms with Crippen molar-refractivity contribution in [2.24, 2.45) is 12.5 Å². The van der Waals surface area contributed by atoms with Gasteiger partial charge in [0.2, 0.25) is 5.88 Å². The van der Waals surface area contributed by atoms with Crippen molar-refractivity contribution in [1.82, 2.24) is 29.3 Å². The van der Waals surface area contributed by atoms with Crippen molar-refractivity contribution >= 4 is 27.8 Å². The lowest BCUT2D eigenvalue weighted by atomic mass is 9.86. The van der Waals surface area contributed by atoms with Crippen LogP contribution < -0.4 is 14.4 Å². The lowest BCUT2D eigenvalue weighted by Crippen LogP contribution is -2.40. The maximum absolute atomic E-state index is 13.7. The van der Waals surface area contributed by atoms with E-state index in [1.165, 1.54) is 0 Å². The van der Waals surface area contributed by atoms with Gasteiger partial charge in [0, 0.05) is 37.6 Å². The molecule has 1 atom stereocenters. The van der Waals surface area contributed by atoms with Crippen LogP contribution in [-0.4, -0.2) is 54.0 Å². The number of ether oxygens (including phenoxy) is 1. The molecule has 0 radical (unpaired) electrons. The summed E-state index contributed by atoms with van der Waals surface area (Å²) in [5, 5.41) is 10.8. The van der Waals surface area contributed by atoms with Crippen LogP contribution in [0.3, 0.4) is 0 Å². The lowest BCUT2D eigenvalue weighted by molar-refractivity contribution is 0.0984. The van der Waals surface area contributed by atoms with Gasteiger partial charge < -0.3 is 9.64 Å². The molecule has 3 aromatic rings. The topological polar surface area (TPSA) is 90.1 Å². The zero-order valence-electron chi connectivity index (χ0n) is 21.9. The molecule has 2 fully saturated rings. The first-order chi connectivity index (χ1) is 17.0. The van der Waals surface area contributed by atoms with E-state index < -0.39 is 10.7 Å². The highest BCUT2D eigenvalue weighted by Gasteiger charge is 2.44. The van der Waals surface area contributed by atoms with E-state index in [1.807, 2.05) is 49.9 Å². The average Bonchev–Trinajstić information content (AvgIpc) is 3.21. The predicted molar refractivity (Wildman–Crippen MR) is 143 cm³/mol. The molecule has 0 aromatic carbocycles. The number of hydrogen-bond acceptors (Lipinski definition) is 6. The molecule has 36 heavy (non-hydrogen) atoms. The first-order valence-electron chi connectivity index (χ1n) is 12.4. The predicted octanol–water partition coefficient (Wildman–Crippen LogP) is 4.35. The highest BCUT2D eigenvalue weighted by molar-refractivity contribution is 8.13. The Bertz CT molecular complexity index is 1320. The third-order valence-corrected chi connectivity index (χ3v) is 8.17. The second kappa shape index (κ2) is 9.06. The Hall–Kier alpha value is -3.14. The zero-order chi connectivity index (χ0) is 25.7. The fourth-order valence-electron chi connectivity index (χ4n) is 5.05. The van der Waals surface area contributed by atoms with Gasteiger partial charge in [0.1, 0.15) is 11.9 Å². The number of nitrogens with one attached hydrogen (secondary N) is 1. The van der Waals surface area contributed by atoms with E-state index in [0.29, 0.717) is 23.1 Å². The zero-order valence-corrected chi connectivity index (χ0v) is 22.7. The maximum Gasteiger partial charge on any atom is 0.264 e. The number of carbonyl (C=O) groups is 1. The van der Waals surface area contributed by atoms with Gasteiger partial charge in [-0.1, -0.05) is 24.5 Å². The summed E-state index contributed by atoms with van der Waals surface area (Å²) in [5.74, 6) is 1.77. The Morgan fingerprint density at radius 3 is 2.61 bits per heavy atom. The van der Waals surface area contributed by atoms with E-state index in [1.54, 1.807) is 15.6 Å². The molecular weight excluding hydrogens is 474 g/mol. The van der Waals surface area contributed by atoms with Gasteiger partial charge in [0.25, 0.3) is 5.91 Å². The monoisotopic (exact) mass is 509 g/mol. The molecule has 10 heteroatoms. The van der Waals surface area contributed by atoms with Crippen LogP contribution in [0, 0.1) is 5.41 Å². The molecule has 1 aliphatic heterocycles. The fraction of sp³-hybridized carbons (Fsp3) is 0.500. The normalized spacial score (nSPS) is 19.4. The van der Waals surface area contributed by atoms with Crippen LogP contribution >= 0.6 is 10.7 Å². The number of rotatable bonds is 7. The molecule has 4 heterocycles. The molecular formula is C26H35N7O2S. The van der Waals surface area contributed by atoms with Gasteiger partial charge in [-0.25, -0.2) is 9.67 Å². The van der Waals surface area contributed by atoms with Crippen LogP contribution in [0.2, 0.25) is 0 Å². The summed E-state index contributed by atoms with van der Waals surface area (Å²) in [5.41, 5.74) is 0.494. The minimum absolute atomic E-state index is 0.100. The van der Waals surface area contributed by atoms with Crippen LogP contribution in [0.1, 0.15) is 64.2 Å². The minimum Gasteiger partial charge on any atom is -0.473 e. The highest BCUT2D eigenvalue weighted by Crippen LogP contribution is 2.44. The second-order valence-electron chi connectivity index (χ2n) is 11.1. The van der Waals surface area contributed by atoms with Gasteiger partial charge in [0.15, 0.2) is 5.82 Å². The third-order valence-electron chi connectivity index (χ3n) is 6.57. The van der Waals surface area contributed by atoms with Gasteiger partial charge >= 0.3 is 0 Å². The lowest BCUT2D eigenvalue weighted by Gasteiger charge is -2.34. The van der Waals surface area contributed by atoms with E-state index in [9.17, 15) is 4.79 Å². The van der Waals surface area contributed by atoms with Crippen molar-refractivity contribution in [3.05, 3.63) is 42.4 Å². The molecule has 192 valence electrons. The Morgan fingerprint density at radius 2 is 2.00 bits per heavy atom. The van der Waals surface area contributed by atoms with Crippen molar-refractivity contribution in [2.75, 3.05) is 11.4 Å². The summed E-state index contributed by atoms with van der Waals surface area (Å²) in [4.78, 5) is 21.9. The Labute approximate surface area is 214 Å². The van der Waals surface area contributed by atoms with Gasteiger partial charge in [-0.2, -0.15) is 5.10 Å². The van der Waals surface area contributed by atoms with Crippen molar-refractivity contribution < 1.29 is 9.53 Å². The third kappa shape index (κ3) is 5.04. The van der Waals surface area contributed by atoms with Gasteiger partial charge in [-0.15, -0.1) is 5.10 Å². The van der Waals surface area contributed by atoms with E-state index in [0.717, 1.165) is 30.7 Å². The highest BCUT2D eigenvalue weighted by atomic mass is 32.2. The fourth-order valence-corrected chi connectivity index (χ4v) is 6.29. The summed E-state index contributed by atoms with van der Waals surface area (Å²) < 4.78 is 12.5. The van der Waals surface area contributed by atoms with Crippen LogP contribution in [0.15, 0.2) is 41.7 Å². The number of aryl methyl sites for hydroxylation is 1. The smallest absolute Gasteiger partial charge is 0.264 e.